The zero-order valence-corrected chi connectivity index (χ0v) is 9.16. The molecule has 0 unspecified atom stereocenters. The van der Waals surface area contributed by atoms with Crippen LogP contribution in [-0.4, -0.2) is 10.9 Å². The van der Waals surface area contributed by atoms with Crippen LogP contribution in [0.1, 0.15) is 29.8 Å². The van der Waals surface area contributed by atoms with Crippen molar-refractivity contribution in [1.29, 1.82) is 0 Å². The molecule has 0 saturated heterocycles. The molecule has 0 bridgehead atoms. The number of ketones is 1. The van der Waals surface area contributed by atoms with E-state index in [1.165, 1.54) is 0 Å². The Bertz CT molecular complexity index is 378. The molecule has 0 aliphatic carbocycles. The number of aromatic hydroxyl groups is 1. The number of allylic oxidation sites excluding steroid dienone is 1. The lowest BCUT2D eigenvalue weighted by Crippen LogP contribution is -2.07. The normalized spacial score (nSPS) is 10.3. The smallest absolute Gasteiger partial charge is 0.165 e. The number of rotatable bonds is 4. The molecule has 1 aromatic rings. The van der Waals surface area contributed by atoms with E-state index >= 15 is 0 Å². The number of benzene rings is 1. The SMILES string of the molecule is C=CCc1cc(C(=O)C(C)C)ccc1O. The third-order valence-corrected chi connectivity index (χ3v) is 2.25. The molecule has 0 heterocycles. The van der Waals surface area contributed by atoms with E-state index in [-0.39, 0.29) is 17.5 Å². The van der Waals surface area contributed by atoms with Crippen molar-refractivity contribution in [2.45, 2.75) is 20.3 Å². The summed E-state index contributed by atoms with van der Waals surface area (Å²) in [6.45, 7) is 7.34. The molecule has 0 amide bonds. The van der Waals surface area contributed by atoms with Gasteiger partial charge >= 0.3 is 0 Å². The van der Waals surface area contributed by atoms with Crippen LogP contribution in [0.25, 0.3) is 0 Å². The maximum Gasteiger partial charge on any atom is 0.165 e. The second-order valence-corrected chi connectivity index (χ2v) is 3.86. The molecule has 0 fully saturated rings. The molecule has 2 nitrogen and oxygen atoms in total. The van der Waals surface area contributed by atoms with Crippen LogP contribution in [-0.2, 0) is 6.42 Å². The fourth-order valence-corrected chi connectivity index (χ4v) is 1.39. The van der Waals surface area contributed by atoms with Crippen molar-refractivity contribution in [3.63, 3.8) is 0 Å². The molecule has 1 N–H and O–H groups in total. The van der Waals surface area contributed by atoms with Crippen LogP contribution in [0, 0.1) is 5.92 Å². The highest BCUT2D eigenvalue weighted by atomic mass is 16.3. The second kappa shape index (κ2) is 4.78. The number of phenols is 1. The predicted octanol–water partition coefficient (Wildman–Crippen LogP) is 2.96. The maximum absolute atomic E-state index is 11.7. The van der Waals surface area contributed by atoms with E-state index in [1.807, 2.05) is 13.8 Å². The van der Waals surface area contributed by atoms with E-state index in [0.717, 1.165) is 5.56 Å². The van der Waals surface area contributed by atoms with Crippen LogP contribution >= 0.6 is 0 Å². The Hall–Kier alpha value is -1.57. The van der Waals surface area contributed by atoms with Crippen molar-refractivity contribution in [3.05, 3.63) is 42.0 Å². The summed E-state index contributed by atoms with van der Waals surface area (Å²) in [4.78, 5) is 11.7. The number of hydrogen-bond acceptors (Lipinski definition) is 2. The van der Waals surface area contributed by atoms with E-state index < -0.39 is 0 Å². The Balaban J connectivity index is 3.06. The highest BCUT2D eigenvalue weighted by Gasteiger charge is 2.11. The molecular formula is C13H16O2. The molecule has 0 atom stereocenters. The van der Waals surface area contributed by atoms with Gasteiger partial charge in [-0.3, -0.25) is 4.79 Å². The van der Waals surface area contributed by atoms with Gasteiger partial charge in [0.25, 0.3) is 0 Å². The van der Waals surface area contributed by atoms with Crippen LogP contribution in [0.3, 0.4) is 0 Å². The summed E-state index contributed by atoms with van der Waals surface area (Å²) in [5.41, 5.74) is 1.40. The van der Waals surface area contributed by atoms with Gasteiger partial charge in [0.15, 0.2) is 5.78 Å². The van der Waals surface area contributed by atoms with Crippen LogP contribution in [0.5, 0.6) is 5.75 Å². The quantitative estimate of drug-likeness (QED) is 0.604. The fraction of sp³-hybridized carbons (Fsp3) is 0.308. The largest absolute Gasteiger partial charge is 0.508 e. The van der Waals surface area contributed by atoms with Gasteiger partial charge in [-0.1, -0.05) is 19.9 Å². The Morgan fingerprint density at radius 3 is 2.73 bits per heavy atom. The van der Waals surface area contributed by atoms with Gasteiger partial charge in [-0.15, -0.1) is 6.58 Å². The van der Waals surface area contributed by atoms with Crippen molar-refractivity contribution in [2.24, 2.45) is 5.92 Å². The molecule has 1 aromatic carbocycles. The highest BCUT2D eigenvalue weighted by molar-refractivity contribution is 5.97. The van der Waals surface area contributed by atoms with Gasteiger partial charge in [0.05, 0.1) is 0 Å². The minimum absolute atomic E-state index is 0.0221. The molecular weight excluding hydrogens is 188 g/mol. The average molecular weight is 204 g/mol. The minimum atomic E-state index is -0.0221. The van der Waals surface area contributed by atoms with E-state index in [4.69, 9.17) is 0 Å². The van der Waals surface area contributed by atoms with Crippen LogP contribution in [0.2, 0.25) is 0 Å². The molecule has 15 heavy (non-hydrogen) atoms. The van der Waals surface area contributed by atoms with Gasteiger partial charge in [0, 0.05) is 11.5 Å². The summed E-state index contributed by atoms with van der Waals surface area (Å²) in [6, 6.07) is 4.96. The van der Waals surface area contributed by atoms with E-state index in [0.29, 0.717) is 12.0 Å². The summed E-state index contributed by atoms with van der Waals surface area (Å²) in [6.07, 6.45) is 2.28. The first kappa shape index (κ1) is 11.5. The number of Topliss-reactive ketones (excluding diaryl/α,β-unsaturated/α-hetero) is 1. The maximum atomic E-state index is 11.7. The zero-order chi connectivity index (χ0) is 11.4. The number of carbonyl (C=O) groups excluding carboxylic acids is 1. The van der Waals surface area contributed by atoms with Gasteiger partial charge in [-0.25, -0.2) is 0 Å². The third kappa shape index (κ3) is 2.69. The Morgan fingerprint density at radius 1 is 1.53 bits per heavy atom. The van der Waals surface area contributed by atoms with Gasteiger partial charge in [-0.2, -0.15) is 0 Å². The van der Waals surface area contributed by atoms with Crippen LogP contribution in [0.4, 0.5) is 0 Å². The van der Waals surface area contributed by atoms with E-state index in [1.54, 1.807) is 24.3 Å². The van der Waals surface area contributed by atoms with Gasteiger partial charge in [0.2, 0.25) is 0 Å². The summed E-state index contributed by atoms with van der Waals surface area (Å²) in [5, 5.41) is 9.53. The van der Waals surface area contributed by atoms with Crippen molar-refractivity contribution >= 4 is 5.78 Å². The molecule has 0 spiro atoms. The monoisotopic (exact) mass is 204 g/mol. The first-order valence-corrected chi connectivity index (χ1v) is 5.03. The number of carbonyl (C=O) groups is 1. The predicted molar refractivity (Wildman–Crippen MR) is 61.2 cm³/mol. The van der Waals surface area contributed by atoms with Crippen molar-refractivity contribution < 1.29 is 9.90 Å². The summed E-state index contributed by atoms with van der Waals surface area (Å²) in [7, 11) is 0. The fourth-order valence-electron chi connectivity index (χ4n) is 1.39. The molecule has 1 rings (SSSR count). The molecule has 0 radical (unpaired) electrons. The molecule has 2 heteroatoms. The van der Waals surface area contributed by atoms with Crippen molar-refractivity contribution in [3.8, 4) is 5.75 Å². The van der Waals surface area contributed by atoms with E-state index in [9.17, 15) is 9.90 Å². The zero-order valence-electron chi connectivity index (χ0n) is 9.16. The highest BCUT2D eigenvalue weighted by Crippen LogP contribution is 2.21. The standard InChI is InChI=1S/C13H16O2/c1-4-5-10-8-11(6-7-12(10)14)13(15)9(2)3/h4,6-9,14H,1,5H2,2-3H3. The van der Waals surface area contributed by atoms with Gasteiger partial charge in [0.1, 0.15) is 5.75 Å². The first-order chi connectivity index (χ1) is 7.06. The third-order valence-electron chi connectivity index (χ3n) is 2.25. The molecule has 0 aliphatic rings. The number of hydrogen-bond donors (Lipinski definition) is 1. The lowest BCUT2D eigenvalue weighted by atomic mass is 9.98. The lowest BCUT2D eigenvalue weighted by molar-refractivity contribution is 0.0939. The molecule has 0 saturated carbocycles. The Labute approximate surface area is 90.3 Å². The summed E-state index contributed by atoms with van der Waals surface area (Å²) < 4.78 is 0. The van der Waals surface area contributed by atoms with Crippen LogP contribution in [0.15, 0.2) is 30.9 Å². The molecule has 0 aromatic heterocycles. The number of phenolic OH excluding ortho intramolecular Hbond substituents is 1. The second-order valence-electron chi connectivity index (χ2n) is 3.86. The minimum Gasteiger partial charge on any atom is -0.508 e. The van der Waals surface area contributed by atoms with Crippen molar-refractivity contribution in [1.82, 2.24) is 0 Å². The summed E-state index contributed by atoms with van der Waals surface area (Å²) in [5.74, 6) is 0.293. The summed E-state index contributed by atoms with van der Waals surface area (Å²) >= 11 is 0. The van der Waals surface area contributed by atoms with Gasteiger partial charge in [-0.05, 0) is 30.2 Å². The van der Waals surface area contributed by atoms with Gasteiger partial charge < -0.3 is 5.11 Å². The lowest BCUT2D eigenvalue weighted by Gasteiger charge is -2.07. The van der Waals surface area contributed by atoms with E-state index in [2.05, 4.69) is 6.58 Å². The topological polar surface area (TPSA) is 37.3 Å². The molecule has 0 aliphatic heterocycles. The van der Waals surface area contributed by atoms with Crippen LogP contribution < -0.4 is 0 Å². The Kier molecular flexibility index (Phi) is 3.67. The van der Waals surface area contributed by atoms with Crippen molar-refractivity contribution in [2.75, 3.05) is 0 Å². The average Bonchev–Trinajstić information content (AvgIpc) is 2.20. The molecule has 80 valence electrons. The Morgan fingerprint density at radius 2 is 2.20 bits per heavy atom. The first-order valence-electron chi connectivity index (χ1n) is 5.03.